The zero-order valence-electron chi connectivity index (χ0n) is 17.0. The van der Waals surface area contributed by atoms with Crippen molar-refractivity contribution >= 4 is 11.8 Å². The normalized spacial score (nSPS) is 29.2. The number of aromatic amines is 1. The van der Waals surface area contributed by atoms with Crippen molar-refractivity contribution in [1.82, 2.24) is 20.4 Å². The molecule has 2 bridgehead atoms. The van der Waals surface area contributed by atoms with Crippen LogP contribution < -0.4 is 5.32 Å². The van der Waals surface area contributed by atoms with E-state index in [0.29, 0.717) is 12.5 Å². The number of rotatable bonds is 7. The maximum absolute atomic E-state index is 13.5. The second kappa shape index (κ2) is 7.72. The molecule has 152 valence electrons. The highest BCUT2D eigenvalue weighted by molar-refractivity contribution is 5.88. The Morgan fingerprint density at radius 3 is 2.79 bits per heavy atom. The van der Waals surface area contributed by atoms with Gasteiger partial charge in [0, 0.05) is 24.2 Å². The van der Waals surface area contributed by atoms with Crippen LogP contribution in [0.5, 0.6) is 0 Å². The number of H-pyrrole nitrogens is 1. The Balaban J connectivity index is 1.53. The molecule has 3 atom stereocenters. The molecular weight excluding hydrogens is 352 g/mol. The molecule has 0 radical (unpaired) electrons. The number of amides is 2. The topological polar surface area (TPSA) is 78.1 Å². The van der Waals surface area contributed by atoms with Crippen molar-refractivity contribution in [3.63, 3.8) is 0 Å². The van der Waals surface area contributed by atoms with Crippen molar-refractivity contribution in [2.75, 3.05) is 0 Å². The van der Waals surface area contributed by atoms with Gasteiger partial charge in [-0.3, -0.25) is 14.7 Å². The fraction of sp³-hybridized carbons (Fsp3) is 0.682. The largest absolute Gasteiger partial charge is 0.350 e. The first kappa shape index (κ1) is 19.2. The van der Waals surface area contributed by atoms with E-state index in [2.05, 4.69) is 46.4 Å². The van der Waals surface area contributed by atoms with Crippen molar-refractivity contribution in [2.45, 2.75) is 77.4 Å². The van der Waals surface area contributed by atoms with Crippen LogP contribution in [0.25, 0.3) is 0 Å². The molecule has 0 spiro atoms. The summed E-state index contributed by atoms with van der Waals surface area (Å²) in [7, 11) is 0. The Morgan fingerprint density at radius 2 is 2.11 bits per heavy atom. The minimum Gasteiger partial charge on any atom is -0.350 e. The maximum Gasteiger partial charge on any atom is 0.228 e. The summed E-state index contributed by atoms with van der Waals surface area (Å²) in [5.41, 5.74) is 0.454. The van der Waals surface area contributed by atoms with E-state index in [1.807, 2.05) is 6.07 Å². The van der Waals surface area contributed by atoms with E-state index in [9.17, 15) is 9.59 Å². The number of hydrogen-bond donors (Lipinski definition) is 2. The molecule has 1 aromatic rings. The summed E-state index contributed by atoms with van der Waals surface area (Å²) in [6, 6.07) is 2.15. The van der Waals surface area contributed by atoms with Crippen LogP contribution >= 0.6 is 0 Å². The van der Waals surface area contributed by atoms with Crippen LogP contribution in [0.3, 0.4) is 0 Å². The first-order valence-corrected chi connectivity index (χ1v) is 10.7. The molecule has 2 saturated heterocycles. The molecule has 2 fully saturated rings. The van der Waals surface area contributed by atoms with Gasteiger partial charge in [-0.2, -0.15) is 5.10 Å². The van der Waals surface area contributed by atoms with Gasteiger partial charge in [0.25, 0.3) is 0 Å². The van der Waals surface area contributed by atoms with E-state index < -0.39 is 5.41 Å². The molecule has 2 amide bonds. The van der Waals surface area contributed by atoms with E-state index >= 15 is 0 Å². The third kappa shape index (κ3) is 3.38. The molecule has 0 saturated carbocycles. The summed E-state index contributed by atoms with van der Waals surface area (Å²) < 4.78 is 0. The molecule has 2 N–H and O–H groups in total. The van der Waals surface area contributed by atoms with E-state index in [0.717, 1.165) is 50.6 Å². The van der Waals surface area contributed by atoms with Gasteiger partial charge in [0.1, 0.15) is 0 Å². The van der Waals surface area contributed by atoms with Gasteiger partial charge in [0.2, 0.25) is 11.8 Å². The summed E-state index contributed by atoms with van der Waals surface area (Å²) in [4.78, 5) is 28.8. The monoisotopic (exact) mass is 384 g/mol. The van der Waals surface area contributed by atoms with Crippen molar-refractivity contribution in [3.8, 4) is 0 Å². The standard InChI is InChI=1S/C22H32N4O2/c1-15(2)9-11-22(21(28)23-14-17-10-12-24-25-17)13-18-7-8-19(22)26(18)20(27)16-5-3-4-6-16/h3-4,10,12,15-16,18-19H,5-9,11,13-14H2,1-2H3,(H,23,28)(H,24,25)/t18-,19+,22+/m1/s1. The third-order valence-corrected chi connectivity index (χ3v) is 6.97. The first-order chi connectivity index (χ1) is 13.5. The molecule has 6 heteroatoms. The Morgan fingerprint density at radius 1 is 1.32 bits per heavy atom. The summed E-state index contributed by atoms with van der Waals surface area (Å²) in [5, 5.41) is 10.0. The van der Waals surface area contributed by atoms with Crippen molar-refractivity contribution < 1.29 is 9.59 Å². The van der Waals surface area contributed by atoms with Crippen molar-refractivity contribution in [1.29, 1.82) is 0 Å². The molecule has 3 aliphatic rings. The van der Waals surface area contributed by atoms with Gasteiger partial charge in [-0.25, -0.2) is 0 Å². The number of nitrogens with zero attached hydrogens (tertiary/aromatic N) is 2. The van der Waals surface area contributed by atoms with Crippen molar-refractivity contribution in [3.05, 3.63) is 30.1 Å². The van der Waals surface area contributed by atoms with Crippen LogP contribution in [-0.2, 0) is 16.1 Å². The van der Waals surface area contributed by atoms with E-state index in [-0.39, 0.29) is 29.8 Å². The molecule has 6 nitrogen and oxygen atoms in total. The highest BCUT2D eigenvalue weighted by Gasteiger charge is 2.61. The molecule has 1 aromatic heterocycles. The van der Waals surface area contributed by atoms with Crippen LogP contribution in [-0.4, -0.2) is 39.0 Å². The lowest BCUT2D eigenvalue weighted by atomic mass is 9.69. The lowest BCUT2D eigenvalue weighted by molar-refractivity contribution is -0.139. The number of allylic oxidation sites excluding steroid dienone is 2. The van der Waals surface area contributed by atoms with Gasteiger partial charge in [-0.15, -0.1) is 0 Å². The highest BCUT2D eigenvalue weighted by atomic mass is 16.2. The number of fused-ring (bicyclic) bond motifs is 2. The Kier molecular flexibility index (Phi) is 5.30. The van der Waals surface area contributed by atoms with Crippen LogP contribution in [0.1, 0.15) is 64.5 Å². The quantitative estimate of drug-likeness (QED) is 0.709. The molecular formula is C22H32N4O2. The number of carbonyl (C=O) groups excluding carboxylic acids is 2. The predicted molar refractivity (Wildman–Crippen MR) is 107 cm³/mol. The summed E-state index contributed by atoms with van der Waals surface area (Å²) >= 11 is 0. The summed E-state index contributed by atoms with van der Waals surface area (Å²) in [5.74, 6) is 0.999. The average molecular weight is 385 g/mol. The van der Waals surface area contributed by atoms with Gasteiger partial charge < -0.3 is 10.2 Å². The molecule has 28 heavy (non-hydrogen) atoms. The number of hydrogen-bond acceptors (Lipinski definition) is 3. The van der Waals surface area contributed by atoms with Crippen LogP contribution in [0, 0.1) is 17.3 Å². The van der Waals surface area contributed by atoms with Crippen LogP contribution in [0.4, 0.5) is 0 Å². The van der Waals surface area contributed by atoms with E-state index in [4.69, 9.17) is 0 Å². The minimum absolute atomic E-state index is 0.0473. The van der Waals surface area contributed by atoms with Gasteiger partial charge in [-0.1, -0.05) is 26.0 Å². The summed E-state index contributed by atoms with van der Waals surface area (Å²) in [6.45, 7) is 4.87. The molecule has 0 aromatic carbocycles. The van der Waals surface area contributed by atoms with Gasteiger partial charge in [0.15, 0.2) is 0 Å². The van der Waals surface area contributed by atoms with Crippen molar-refractivity contribution in [2.24, 2.45) is 17.3 Å². The maximum atomic E-state index is 13.5. The predicted octanol–water partition coefficient (Wildman–Crippen LogP) is 3.18. The highest BCUT2D eigenvalue weighted by Crippen LogP contribution is 2.53. The first-order valence-electron chi connectivity index (χ1n) is 10.7. The smallest absolute Gasteiger partial charge is 0.228 e. The fourth-order valence-electron chi connectivity index (χ4n) is 5.45. The Labute approximate surface area is 167 Å². The third-order valence-electron chi connectivity index (χ3n) is 6.97. The van der Waals surface area contributed by atoms with E-state index in [1.54, 1.807) is 6.20 Å². The molecule has 2 aliphatic heterocycles. The van der Waals surface area contributed by atoms with E-state index in [1.165, 1.54) is 0 Å². The molecule has 1 aliphatic carbocycles. The SMILES string of the molecule is CC(C)CC[C@]1(C(=O)NCc2ccn[nH]2)C[C@H]2CC[C@@H]1N2C(=O)C1CC=CC1. The zero-order valence-corrected chi connectivity index (χ0v) is 17.0. The molecule has 4 rings (SSSR count). The zero-order chi connectivity index (χ0) is 19.7. The second-order valence-electron chi connectivity index (χ2n) is 9.19. The van der Waals surface area contributed by atoms with Gasteiger partial charge in [-0.05, 0) is 56.9 Å². The molecule has 0 unspecified atom stereocenters. The number of carbonyl (C=O) groups is 2. The Hall–Kier alpha value is -2.11. The lowest BCUT2D eigenvalue weighted by Crippen LogP contribution is -2.50. The fourth-order valence-corrected chi connectivity index (χ4v) is 5.45. The second-order valence-corrected chi connectivity index (χ2v) is 9.19. The average Bonchev–Trinajstić information content (AvgIpc) is 3.47. The Bertz CT molecular complexity index is 734. The minimum atomic E-state index is -0.450. The van der Waals surface area contributed by atoms with Crippen LogP contribution in [0.2, 0.25) is 0 Å². The van der Waals surface area contributed by atoms with Gasteiger partial charge >= 0.3 is 0 Å². The van der Waals surface area contributed by atoms with Crippen LogP contribution in [0.15, 0.2) is 24.4 Å². The molecule has 3 heterocycles. The summed E-state index contributed by atoms with van der Waals surface area (Å²) in [6.07, 6.45) is 12.3. The number of nitrogens with one attached hydrogen (secondary N) is 2. The number of aromatic nitrogens is 2. The lowest BCUT2D eigenvalue weighted by Gasteiger charge is -2.37. The van der Waals surface area contributed by atoms with Gasteiger partial charge in [0.05, 0.1) is 17.7 Å².